The second-order valence-electron chi connectivity index (χ2n) is 7.64. The van der Waals surface area contributed by atoms with Crippen LogP contribution in [0.2, 0.25) is 0 Å². The zero-order valence-corrected chi connectivity index (χ0v) is 15.4. The fraction of sp³-hybridized carbons (Fsp3) is 0.304. The van der Waals surface area contributed by atoms with E-state index in [1.807, 2.05) is 29.2 Å². The molecule has 0 N–H and O–H groups in total. The molecule has 2 aromatic carbocycles. The fourth-order valence-electron chi connectivity index (χ4n) is 4.10. The van der Waals surface area contributed by atoms with Crippen molar-refractivity contribution in [3.63, 3.8) is 0 Å². The number of hydrogen-bond donors (Lipinski definition) is 0. The monoisotopic (exact) mass is 358 g/mol. The van der Waals surface area contributed by atoms with Gasteiger partial charge in [0.15, 0.2) is 0 Å². The van der Waals surface area contributed by atoms with Gasteiger partial charge in [-0.1, -0.05) is 59.3 Å². The van der Waals surface area contributed by atoms with Crippen molar-refractivity contribution in [3.05, 3.63) is 77.0 Å². The molecule has 5 rings (SSSR count). The van der Waals surface area contributed by atoms with Gasteiger partial charge in [0.1, 0.15) is 5.69 Å². The Morgan fingerprint density at radius 2 is 1.85 bits per heavy atom. The van der Waals surface area contributed by atoms with Gasteiger partial charge >= 0.3 is 0 Å². The first-order valence-corrected chi connectivity index (χ1v) is 9.65. The van der Waals surface area contributed by atoms with Crippen molar-refractivity contribution in [3.8, 4) is 11.3 Å². The van der Waals surface area contributed by atoms with Crippen LogP contribution in [-0.4, -0.2) is 22.0 Å². The maximum Gasteiger partial charge on any atom is 0.293 e. The molecule has 0 spiro atoms. The van der Waals surface area contributed by atoms with Gasteiger partial charge in [-0.3, -0.25) is 4.79 Å². The van der Waals surface area contributed by atoms with Gasteiger partial charge in [0, 0.05) is 17.7 Å². The molecule has 2 aliphatic rings. The summed E-state index contributed by atoms with van der Waals surface area (Å²) >= 11 is 0. The molecular weight excluding hydrogens is 336 g/mol. The average Bonchev–Trinajstić information content (AvgIpc) is 3.24. The summed E-state index contributed by atoms with van der Waals surface area (Å²) < 4.78 is 5.48. The van der Waals surface area contributed by atoms with Crippen molar-refractivity contribution in [2.75, 3.05) is 0 Å². The van der Waals surface area contributed by atoms with Crippen LogP contribution in [0.4, 0.5) is 0 Å². The van der Waals surface area contributed by atoms with Gasteiger partial charge in [0.05, 0.1) is 6.04 Å². The highest BCUT2D eigenvalue weighted by Crippen LogP contribution is 2.42. The average molecular weight is 358 g/mol. The van der Waals surface area contributed by atoms with Crippen LogP contribution in [0.3, 0.4) is 0 Å². The highest BCUT2D eigenvalue weighted by molar-refractivity contribution is 5.93. The normalized spacial score (nSPS) is 18.3. The van der Waals surface area contributed by atoms with E-state index in [2.05, 4.69) is 36.3 Å². The summed E-state index contributed by atoms with van der Waals surface area (Å²) in [6.45, 7) is 2.05. The number of rotatable bonds is 4. The molecule has 1 atom stereocenters. The molecule has 1 saturated carbocycles. The molecule has 0 bridgehead atoms. The minimum absolute atomic E-state index is 0.0370. The Morgan fingerprint density at radius 1 is 1.07 bits per heavy atom. The highest BCUT2D eigenvalue weighted by atomic mass is 16.5. The molecule has 0 radical (unpaired) electrons. The zero-order chi connectivity index (χ0) is 18.4. The van der Waals surface area contributed by atoms with E-state index in [-0.39, 0.29) is 11.9 Å². The summed E-state index contributed by atoms with van der Waals surface area (Å²) in [6.07, 6.45) is 4.16. The highest BCUT2D eigenvalue weighted by Gasteiger charge is 2.41. The maximum atomic E-state index is 13.3. The predicted octanol–water partition coefficient (Wildman–Crippen LogP) is 4.94. The van der Waals surface area contributed by atoms with Gasteiger partial charge in [0.25, 0.3) is 5.91 Å². The Kier molecular flexibility index (Phi) is 3.85. The number of aryl methyl sites for hydroxylation is 2. The predicted molar refractivity (Wildman–Crippen MR) is 103 cm³/mol. The SMILES string of the molecule is Cc1ccc(-c2cc(C(=O)N(C3CC3)[C@H]3CCc4ccccc43)on2)cc1. The lowest BCUT2D eigenvalue weighted by Gasteiger charge is -2.29. The van der Waals surface area contributed by atoms with Crippen LogP contribution in [0.5, 0.6) is 0 Å². The second kappa shape index (κ2) is 6.38. The maximum absolute atomic E-state index is 13.3. The van der Waals surface area contributed by atoms with Crippen LogP contribution in [0.1, 0.15) is 52.5 Å². The molecule has 136 valence electrons. The standard InChI is InChI=1S/C23H22N2O2/c1-15-6-8-17(9-7-15)20-14-22(27-24-20)23(26)25(18-11-12-18)21-13-10-16-4-2-3-5-19(16)21/h2-9,14,18,21H,10-13H2,1H3/t21-/m0/s1. The third-order valence-corrected chi connectivity index (χ3v) is 5.68. The first-order chi connectivity index (χ1) is 13.2. The second-order valence-corrected chi connectivity index (χ2v) is 7.64. The Balaban J connectivity index is 1.45. The van der Waals surface area contributed by atoms with Crippen LogP contribution in [0.25, 0.3) is 11.3 Å². The summed E-state index contributed by atoms with van der Waals surface area (Å²) in [4.78, 5) is 15.4. The van der Waals surface area contributed by atoms with Crippen molar-refractivity contribution in [2.24, 2.45) is 0 Å². The Morgan fingerprint density at radius 3 is 2.63 bits per heavy atom. The smallest absolute Gasteiger partial charge is 0.293 e. The van der Waals surface area contributed by atoms with Crippen molar-refractivity contribution in [1.82, 2.24) is 10.1 Å². The first-order valence-electron chi connectivity index (χ1n) is 9.65. The van der Waals surface area contributed by atoms with Crippen molar-refractivity contribution >= 4 is 5.91 Å². The Bertz CT molecular complexity index is 986. The molecule has 4 heteroatoms. The van der Waals surface area contributed by atoms with Crippen molar-refractivity contribution in [1.29, 1.82) is 0 Å². The summed E-state index contributed by atoms with van der Waals surface area (Å²) in [5.74, 6) is 0.298. The van der Waals surface area contributed by atoms with E-state index < -0.39 is 0 Å². The molecular formula is C23H22N2O2. The molecule has 0 aliphatic heterocycles. The molecule has 1 fully saturated rings. The lowest BCUT2D eigenvalue weighted by molar-refractivity contribution is 0.0615. The van der Waals surface area contributed by atoms with Crippen LogP contribution in [-0.2, 0) is 6.42 Å². The van der Waals surface area contributed by atoms with E-state index in [0.29, 0.717) is 17.5 Å². The molecule has 1 amide bonds. The minimum atomic E-state index is -0.0370. The molecule has 1 aromatic heterocycles. The molecule has 2 aliphatic carbocycles. The van der Waals surface area contributed by atoms with E-state index in [9.17, 15) is 4.79 Å². The number of carbonyl (C=O) groups is 1. The number of benzene rings is 2. The van der Waals surface area contributed by atoms with Gasteiger partial charge in [-0.05, 0) is 43.7 Å². The summed E-state index contributed by atoms with van der Waals surface area (Å²) in [6, 6.07) is 18.8. The first kappa shape index (κ1) is 16.3. The van der Waals surface area contributed by atoms with Gasteiger partial charge in [-0.15, -0.1) is 0 Å². The Labute approximate surface area is 158 Å². The minimum Gasteiger partial charge on any atom is -0.350 e. The number of hydrogen-bond acceptors (Lipinski definition) is 3. The van der Waals surface area contributed by atoms with E-state index in [4.69, 9.17) is 4.52 Å². The molecule has 3 aromatic rings. The van der Waals surface area contributed by atoms with Crippen LogP contribution < -0.4 is 0 Å². The van der Waals surface area contributed by atoms with Crippen LogP contribution in [0, 0.1) is 6.92 Å². The largest absolute Gasteiger partial charge is 0.350 e. The van der Waals surface area contributed by atoms with Gasteiger partial charge in [-0.25, -0.2) is 0 Å². The number of carbonyl (C=O) groups excluding carboxylic acids is 1. The third kappa shape index (κ3) is 2.95. The topological polar surface area (TPSA) is 46.3 Å². The molecule has 0 saturated heterocycles. The summed E-state index contributed by atoms with van der Waals surface area (Å²) in [7, 11) is 0. The molecule has 1 heterocycles. The quantitative estimate of drug-likeness (QED) is 0.663. The van der Waals surface area contributed by atoms with Crippen molar-refractivity contribution in [2.45, 2.75) is 44.7 Å². The van der Waals surface area contributed by atoms with E-state index in [1.54, 1.807) is 6.07 Å². The third-order valence-electron chi connectivity index (χ3n) is 5.68. The number of nitrogens with zero attached hydrogens (tertiary/aromatic N) is 2. The lowest BCUT2D eigenvalue weighted by atomic mass is 10.1. The van der Waals surface area contributed by atoms with Gasteiger partial charge in [0.2, 0.25) is 5.76 Å². The molecule has 0 unspecified atom stereocenters. The number of amides is 1. The van der Waals surface area contributed by atoms with Crippen LogP contribution >= 0.6 is 0 Å². The van der Waals surface area contributed by atoms with Crippen molar-refractivity contribution < 1.29 is 9.32 Å². The van der Waals surface area contributed by atoms with Gasteiger partial charge in [-0.2, -0.15) is 0 Å². The zero-order valence-electron chi connectivity index (χ0n) is 15.4. The Hall–Kier alpha value is -2.88. The number of aromatic nitrogens is 1. The van der Waals surface area contributed by atoms with E-state index >= 15 is 0 Å². The fourth-order valence-corrected chi connectivity index (χ4v) is 4.10. The number of fused-ring (bicyclic) bond motifs is 1. The molecule has 27 heavy (non-hydrogen) atoms. The summed E-state index contributed by atoms with van der Waals surface area (Å²) in [5, 5.41) is 4.15. The van der Waals surface area contributed by atoms with Crippen LogP contribution in [0.15, 0.2) is 59.1 Å². The molecule has 4 nitrogen and oxygen atoms in total. The van der Waals surface area contributed by atoms with E-state index in [1.165, 1.54) is 16.7 Å². The lowest BCUT2D eigenvalue weighted by Crippen LogP contribution is -2.35. The van der Waals surface area contributed by atoms with E-state index in [0.717, 1.165) is 31.2 Å². The van der Waals surface area contributed by atoms with Gasteiger partial charge < -0.3 is 9.42 Å². The summed E-state index contributed by atoms with van der Waals surface area (Å²) in [5.41, 5.74) is 5.52.